The lowest BCUT2D eigenvalue weighted by Gasteiger charge is -2.34. The molecule has 0 unspecified atom stereocenters. The molecule has 0 aliphatic carbocycles. The minimum atomic E-state index is -0.0233. The average molecular weight is 477 g/mol. The van der Waals surface area contributed by atoms with Gasteiger partial charge in [0.15, 0.2) is 0 Å². The number of piperazine rings is 1. The molecule has 3 amide bonds. The summed E-state index contributed by atoms with van der Waals surface area (Å²) in [7, 11) is 0. The molecule has 0 radical (unpaired) electrons. The molecule has 0 saturated carbocycles. The number of rotatable bonds is 9. The van der Waals surface area contributed by atoms with Crippen LogP contribution in [0.4, 0.5) is 0 Å². The van der Waals surface area contributed by atoms with Gasteiger partial charge in [-0.15, -0.1) is 0 Å². The van der Waals surface area contributed by atoms with Crippen molar-refractivity contribution in [1.82, 2.24) is 20.0 Å². The Balaban J connectivity index is 1.12. The zero-order valence-corrected chi connectivity index (χ0v) is 20.5. The zero-order valence-electron chi connectivity index (χ0n) is 20.5. The second kappa shape index (κ2) is 12.5. The molecular weight excluding hydrogens is 440 g/mol. The molecule has 2 heterocycles. The maximum atomic E-state index is 12.5. The van der Waals surface area contributed by atoms with Crippen LogP contribution in [-0.2, 0) is 22.6 Å². The number of amides is 3. The van der Waals surface area contributed by atoms with Gasteiger partial charge < -0.3 is 15.1 Å². The number of benzene rings is 2. The summed E-state index contributed by atoms with van der Waals surface area (Å²) < 4.78 is 0. The van der Waals surface area contributed by atoms with Crippen molar-refractivity contribution in [2.75, 3.05) is 45.8 Å². The van der Waals surface area contributed by atoms with Crippen LogP contribution in [0.1, 0.15) is 47.2 Å². The fourth-order valence-electron chi connectivity index (χ4n) is 4.73. The first-order valence-electron chi connectivity index (χ1n) is 12.8. The Hall–Kier alpha value is -3.19. The Kier molecular flexibility index (Phi) is 8.90. The second-order valence-corrected chi connectivity index (χ2v) is 9.47. The van der Waals surface area contributed by atoms with Crippen LogP contribution in [0.25, 0.3) is 0 Å². The third-order valence-electron chi connectivity index (χ3n) is 6.87. The van der Waals surface area contributed by atoms with Gasteiger partial charge in [-0.2, -0.15) is 0 Å². The van der Waals surface area contributed by atoms with Crippen molar-refractivity contribution in [3.8, 4) is 0 Å². The normalized spacial score (nSPS) is 16.3. The first-order valence-corrected chi connectivity index (χ1v) is 12.8. The smallest absolute Gasteiger partial charge is 0.253 e. The van der Waals surface area contributed by atoms with Crippen molar-refractivity contribution in [3.05, 3.63) is 71.3 Å². The van der Waals surface area contributed by atoms with E-state index in [1.165, 1.54) is 5.56 Å². The lowest BCUT2D eigenvalue weighted by atomic mass is 10.1. The van der Waals surface area contributed by atoms with Crippen LogP contribution in [0.15, 0.2) is 54.6 Å². The highest BCUT2D eigenvalue weighted by atomic mass is 16.2. The van der Waals surface area contributed by atoms with Crippen molar-refractivity contribution in [1.29, 1.82) is 0 Å². The van der Waals surface area contributed by atoms with Crippen LogP contribution in [0, 0.1) is 0 Å². The van der Waals surface area contributed by atoms with Crippen molar-refractivity contribution >= 4 is 17.7 Å². The first-order chi connectivity index (χ1) is 17.1. The number of hydrogen-bond acceptors (Lipinski definition) is 4. The highest BCUT2D eigenvalue weighted by Gasteiger charge is 2.22. The topological polar surface area (TPSA) is 73.0 Å². The largest absolute Gasteiger partial charge is 0.351 e. The minimum Gasteiger partial charge on any atom is -0.351 e. The Morgan fingerprint density at radius 1 is 0.743 bits per heavy atom. The van der Waals surface area contributed by atoms with E-state index in [1.54, 1.807) is 0 Å². The summed E-state index contributed by atoms with van der Waals surface area (Å²) in [6, 6.07) is 17.8. The minimum absolute atomic E-state index is 0.0233. The van der Waals surface area contributed by atoms with Gasteiger partial charge in [-0.25, -0.2) is 0 Å². The number of carbonyl (C=O) groups excluding carboxylic acids is 3. The summed E-state index contributed by atoms with van der Waals surface area (Å²) in [5.74, 6) is 0.272. The van der Waals surface area contributed by atoms with E-state index >= 15 is 0 Å². The van der Waals surface area contributed by atoms with Gasteiger partial charge in [0.1, 0.15) is 0 Å². The molecule has 2 fully saturated rings. The first kappa shape index (κ1) is 24.9. The van der Waals surface area contributed by atoms with Crippen molar-refractivity contribution < 1.29 is 14.4 Å². The molecule has 35 heavy (non-hydrogen) atoms. The van der Waals surface area contributed by atoms with Gasteiger partial charge in [0.05, 0.1) is 6.54 Å². The fourth-order valence-corrected chi connectivity index (χ4v) is 4.73. The number of nitrogens with zero attached hydrogens (tertiary/aromatic N) is 3. The van der Waals surface area contributed by atoms with Gasteiger partial charge in [-0.05, 0) is 48.9 Å². The fraction of sp³-hybridized carbons (Fsp3) is 0.464. The van der Waals surface area contributed by atoms with Crippen LogP contribution >= 0.6 is 0 Å². The van der Waals surface area contributed by atoms with Gasteiger partial charge in [0.25, 0.3) is 5.91 Å². The van der Waals surface area contributed by atoms with Crippen molar-refractivity contribution in [2.45, 2.75) is 38.6 Å². The maximum Gasteiger partial charge on any atom is 0.253 e. The number of nitrogens with one attached hydrogen (secondary N) is 1. The summed E-state index contributed by atoms with van der Waals surface area (Å²) in [6.45, 7) is 5.23. The second-order valence-electron chi connectivity index (χ2n) is 9.47. The molecule has 7 nitrogen and oxygen atoms in total. The van der Waals surface area contributed by atoms with E-state index < -0.39 is 0 Å². The molecule has 0 aromatic heterocycles. The summed E-state index contributed by atoms with van der Waals surface area (Å²) in [6.07, 6.45) is 4.51. The summed E-state index contributed by atoms with van der Waals surface area (Å²) >= 11 is 0. The average Bonchev–Trinajstić information content (AvgIpc) is 3.43. The number of aryl methyl sites for hydroxylation is 1. The molecule has 0 spiro atoms. The zero-order chi connectivity index (χ0) is 24.5. The number of carbonyl (C=O) groups is 3. The van der Waals surface area contributed by atoms with E-state index in [0.717, 1.165) is 44.3 Å². The molecular formula is C28H36N4O3. The van der Waals surface area contributed by atoms with E-state index in [1.807, 2.05) is 52.3 Å². The van der Waals surface area contributed by atoms with Gasteiger partial charge >= 0.3 is 0 Å². The van der Waals surface area contributed by atoms with E-state index in [2.05, 4.69) is 22.3 Å². The molecule has 186 valence electrons. The van der Waals surface area contributed by atoms with Crippen LogP contribution in [0.5, 0.6) is 0 Å². The Morgan fingerprint density at radius 2 is 1.43 bits per heavy atom. The third kappa shape index (κ3) is 7.39. The molecule has 4 rings (SSSR count). The van der Waals surface area contributed by atoms with Crippen LogP contribution in [0.3, 0.4) is 0 Å². The van der Waals surface area contributed by atoms with Gasteiger partial charge in [0.2, 0.25) is 11.8 Å². The van der Waals surface area contributed by atoms with Gasteiger partial charge in [-0.1, -0.05) is 42.5 Å². The highest BCUT2D eigenvalue weighted by molar-refractivity contribution is 5.94. The summed E-state index contributed by atoms with van der Waals surface area (Å²) in [5, 5.41) is 2.97. The Bertz CT molecular complexity index is 979. The lowest BCUT2D eigenvalue weighted by molar-refractivity contribution is -0.133. The maximum absolute atomic E-state index is 12.5. The van der Waals surface area contributed by atoms with Crippen LogP contribution < -0.4 is 5.32 Å². The number of likely N-dealkylation sites (tertiary alicyclic amines) is 1. The van der Waals surface area contributed by atoms with Crippen molar-refractivity contribution in [2.24, 2.45) is 0 Å². The van der Waals surface area contributed by atoms with Crippen LogP contribution in [0.2, 0.25) is 0 Å². The van der Waals surface area contributed by atoms with Crippen LogP contribution in [-0.4, -0.2) is 78.2 Å². The molecule has 0 bridgehead atoms. The molecule has 7 heteroatoms. The van der Waals surface area contributed by atoms with E-state index in [4.69, 9.17) is 0 Å². The monoisotopic (exact) mass is 476 g/mol. The Labute approximate surface area is 208 Å². The number of hydrogen-bond donors (Lipinski definition) is 1. The molecule has 2 aromatic rings. The Morgan fingerprint density at radius 3 is 2.11 bits per heavy atom. The van der Waals surface area contributed by atoms with E-state index in [0.29, 0.717) is 51.3 Å². The SMILES string of the molecule is O=C(CN1CCN(C(=O)CCCc2ccccc2)CC1)NCc1ccc(C(=O)N2CCCC2)cc1. The summed E-state index contributed by atoms with van der Waals surface area (Å²) in [4.78, 5) is 43.3. The van der Waals surface area contributed by atoms with Gasteiger partial charge in [-0.3, -0.25) is 19.3 Å². The molecule has 0 atom stereocenters. The lowest BCUT2D eigenvalue weighted by Crippen LogP contribution is -2.51. The molecule has 1 N–H and O–H groups in total. The van der Waals surface area contributed by atoms with E-state index in [-0.39, 0.29) is 17.7 Å². The third-order valence-corrected chi connectivity index (χ3v) is 6.87. The molecule has 2 aliphatic heterocycles. The molecule has 2 aromatic carbocycles. The quantitative estimate of drug-likeness (QED) is 0.604. The predicted octanol–water partition coefficient (Wildman–Crippen LogP) is 2.71. The van der Waals surface area contributed by atoms with E-state index in [9.17, 15) is 14.4 Å². The predicted molar refractivity (Wildman–Crippen MR) is 136 cm³/mol. The van der Waals surface area contributed by atoms with Crippen molar-refractivity contribution in [3.63, 3.8) is 0 Å². The molecule has 2 aliphatic rings. The van der Waals surface area contributed by atoms with Gasteiger partial charge in [0, 0.05) is 57.8 Å². The standard InChI is InChI=1S/C28H36N4O3/c33-26(29-21-24-11-13-25(14-12-24)28(35)32-15-4-5-16-32)22-30-17-19-31(20-18-30)27(34)10-6-9-23-7-2-1-3-8-23/h1-3,7-8,11-14H,4-6,9-10,15-22H2,(H,29,33). The highest BCUT2D eigenvalue weighted by Crippen LogP contribution is 2.14. The molecule has 2 saturated heterocycles. The summed E-state index contributed by atoms with van der Waals surface area (Å²) in [5.41, 5.74) is 2.94.